The minimum Gasteiger partial charge on any atom is -0.479 e. The molecule has 2 aliphatic heterocycles. The number of amides is 1. The lowest BCUT2D eigenvalue weighted by atomic mass is 9.97. The van der Waals surface area contributed by atoms with Gasteiger partial charge in [0, 0.05) is 12.1 Å². The van der Waals surface area contributed by atoms with Crippen LogP contribution >= 0.6 is 0 Å². The lowest BCUT2D eigenvalue weighted by Gasteiger charge is -2.36. The van der Waals surface area contributed by atoms with Crippen molar-refractivity contribution in [2.45, 2.75) is 64.6 Å². The summed E-state index contributed by atoms with van der Waals surface area (Å²) in [5.74, 6) is 0.872. The molecule has 1 aromatic rings. The van der Waals surface area contributed by atoms with E-state index < -0.39 is 6.10 Å². The number of fused-ring (bicyclic) bond motifs is 1. The van der Waals surface area contributed by atoms with E-state index in [-0.39, 0.29) is 11.9 Å². The van der Waals surface area contributed by atoms with E-state index in [1.807, 2.05) is 17.9 Å². The monoisotopic (exact) mass is 302 g/mol. The number of piperidine rings is 1. The SMILES string of the molecule is CC1Oc2ccc(CC3CCCCN3)cc2N(C(C)C)C1=O. The lowest BCUT2D eigenvalue weighted by molar-refractivity contribution is -0.125. The van der Waals surface area contributed by atoms with E-state index in [4.69, 9.17) is 4.74 Å². The van der Waals surface area contributed by atoms with Crippen LogP contribution in [-0.4, -0.2) is 30.6 Å². The second kappa shape index (κ2) is 6.29. The second-order valence-electron chi connectivity index (χ2n) is 6.72. The summed E-state index contributed by atoms with van der Waals surface area (Å²) in [5.41, 5.74) is 2.20. The van der Waals surface area contributed by atoms with Crippen molar-refractivity contribution in [3.8, 4) is 5.75 Å². The fourth-order valence-corrected chi connectivity index (χ4v) is 3.45. The Morgan fingerprint density at radius 3 is 2.86 bits per heavy atom. The second-order valence-corrected chi connectivity index (χ2v) is 6.72. The number of nitrogens with one attached hydrogen (secondary N) is 1. The van der Waals surface area contributed by atoms with Gasteiger partial charge in [0.25, 0.3) is 5.91 Å². The summed E-state index contributed by atoms with van der Waals surface area (Å²) >= 11 is 0. The van der Waals surface area contributed by atoms with Crippen molar-refractivity contribution in [2.75, 3.05) is 11.4 Å². The Morgan fingerprint density at radius 2 is 2.18 bits per heavy atom. The van der Waals surface area contributed by atoms with Crippen LogP contribution in [0.1, 0.15) is 45.6 Å². The molecule has 1 fully saturated rings. The Kier molecular flexibility index (Phi) is 4.39. The zero-order valence-corrected chi connectivity index (χ0v) is 13.8. The van der Waals surface area contributed by atoms with Crippen LogP contribution in [0.4, 0.5) is 5.69 Å². The molecule has 120 valence electrons. The maximum Gasteiger partial charge on any atom is 0.268 e. The largest absolute Gasteiger partial charge is 0.479 e. The van der Waals surface area contributed by atoms with Gasteiger partial charge < -0.3 is 15.0 Å². The summed E-state index contributed by atoms with van der Waals surface area (Å²) in [6.07, 6.45) is 4.43. The third kappa shape index (κ3) is 2.98. The van der Waals surface area contributed by atoms with E-state index >= 15 is 0 Å². The average molecular weight is 302 g/mol. The molecule has 0 radical (unpaired) electrons. The predicted octanol–water partition coefficient (Wildman–Crippen LogP) is 2.89. The molecule has 0 bridgehead atoms. The van der Waals surface area contributed by atoms with E-state index in [1.165, 1.54) is 24.8 Å². The zero-order chi connectivity index (χ0) is 15.7. The number of carbonyl (C=O) groups excluding carboxylic acids is 1. The van der Waals surface area contributed by atoms with Crippen LogP contribution in [0.15, 0.2) is 18.2 Å². The maximum atomic E-state index is 12.4. The lowest BCUT2D eigenvalue weighted by Crippen LogP contribution is -2.48. The molecule has 0 aromatic heterocycles. The van der Waals surface area contributed by atoms with Gasteiger partial charge in [-0.2, -0.15) is 0 Å². The molecule has 1 aromatic carbocycles. The van der Waals surface area contributed by atoms with Gasteiger partial charge in [-0.1, -0.05) is 12.5 Å². The standard InChI is InChI=1S/C18H26N2O2/c1-12(2)20-16-11-14(10-15-6-4-5-9-19-15)7-8-17(16)22-13(3)18(20)21/h7-8,11-13,15,19H,4-6,9-10H2,1-3H3. The van der Waals surface area contributed by atoms with Crippen molar-refractivity contribution >= 4 is 11.6 Å². The Labute approximate surface area is 132 Å². The van der Waals surface area contributed by atoms with E-state index in [9.17, 15) is 4.79 Å². The van der Waals surface area contributed by atoms with Crippen molar-refractivity contribution in [1.82, 2.24) is 5.32 Å². The minimum absolute atomic E-state index is 0.0513. The van der Waals surface area contributed by atoms with Crippen LogP contribution in [0.5, 0.6) is 5.75 Å². The van der Waals surface area contributed by atoms with Crippen LogP contribution < -0.4 is 15.0 Å². The van der Waals surface area contributed by atoms with Crippen molar-refractivity contribution in [1.29, 1.82) is 0 Å². The highest BCUT2D eigenvalue weighted by Crippen LogP contribution is 2.36. The molecule has 1 N–H and O–H groups in total. The Morgan fingerprint density at radius 1 is 1.36 bits per heavy atom. The summed E-state index contributed by atoms with van der Waals surface area (Å²) in [4.78, 5) is 14.3. The van der Waals surface area contributed by atoms with Gasteiger partial charge in [0.15, 0.2) is 6.10 Å². The summed E-state index contributed by atoms with van der Waals surface area (Å²) in [5, 5.41) is 3.59. The highest BCUT2D eigenvalue weighted by molar-refractivity contribution is 6.00. The minimum atomic E-state index is -0.402. The van der Waals surface area contributed by atoms with Crippen LogP contribution in [0.25, 0.3) is 0 Å². The molecule has 2 aliphatic rings. The summed E-state index contributed by atoms with van der Waals surface area (Å²) in [6.45, 7) is 7.04. The van der Waals surface area contributed by atoms with Gasteiger partial charge in [-0.3, -0.25) is 4.79 Å². The van der Waals surface area contributed by atoms with E-state index in [0.717, 1.165) is 24.4 Å². The molecule has 4 nitrogen and oxygen atoms in total. The van der Waals surface area contributed by atoms with Crippen LogP contribution in [-0.2, 0) is 11.2 Å². The van der Waals surface area contributed by atoms with Crippen LogP contribution in [0.2, 0.25) is 0 Å². The van der Waals surface area contributed by atoms with Gasteiger partial charge in [0.1, 0.15) is 5.75 Å². The molecular formula is C18H26N2O2. The van der Waals surface area contributed by atoms with Crippen molar-refractivity contribution in [3.63, 3.8) is 0 Å². The first-order chi connectivity index (χ1) is 10.6. The Balaban J connectivity index is 1.86. The first-order valence-corrected chi connectivity index (χ1v) is 8.42. The quantitative estimate of drug-likeness (QED) is 0.933. The Bertz CT molecular complexity index is 550. The molecule has 2 atom stereocenters. The highest BCUT2D eigenvalue weighted by atomic mass is 16.5. The average Bonchev–Trinajstić information content (AvgIpc) is 2.49. The number of hydrogen-bond acceptors (Lipinski definition) is 3. The van der Waals surface area contributed by atoms with Gasteiger partial charge in [-0.25, -0.2) is 0 Å². The molecule has 1 saturated heterocycles. The van der Waals surface area contributed by atoms with Gasteiger partial charge in [0.05, 0.1) is 5.69 Å². The van der Waals surface area contributed by atoms with Gasteiger partial charge in [-0.05, 0) is 64.3 Å². The number of carbonyl (C=O) groups is 1. The number of nitrogens with zero attached hydrogens (tertiary/aromatic N) is 1. The zero-order valence-electron chi connectivity index (χ0n) is 13.8. The number of benzene rings is 1. The normalized spacial score (nSPS) is 25.1. The van der Waals surface area contributed by atoms with Crippen LogP contribution in [0.3, 0.4) is 0 Å². The molecular weight excluding hydrogens is 276 g/mol. The topological polar surface area (TPSA) is 41.6 Å². The van der Waals surface area contributed by atoms with E-state index in [0.29, 0.717) is 6.04 Å². The third-order valence-electron chi connectivity index (χ3n) is 4.58. The van der Waals surface area contributed by atoms with E-state index in [1.54, 1.807) is 0 Å². The third-order valence-corrected chi connectivity index (χ3v) is 4.58. The molecule has 3 rings (SSSR count). The first-order valence-electron chi connectivity index (χ1n) is 8.42. The fourth-order valence-electron chi connectivity index (χ4n) is 3.45. The summed E-state index contributed by atoms with van der Waals surface area (Å²) in [7, 11) is 0. The van der Waals surface area contributed by atoms with Crippen molar-refractivity contribution < 1.29 is 9.53 Å². The Hall–Kier alpha value is -1.55. The van der Waals surface area contributed by atoms with Crippen molar-refractivity contribution in [3.05, 3.63) is 23.8 Å². The van der Waals surface area contributed by atoms with Crippen molar-refractivity contribution in [2.24, 2.45) is 0 Å². The highest BCUT2D eigenvalue weighted by Gasteiger charge is 2.33. The van der Waals surface area contributed by atoms with Crippen LogP contribution in [0, 0.1) is 0 Å². The molecule has 22 heavy (non-hydrogen) atoms. The van der Waals surface area contributed by atoms with Gasteiger partial charge in [-0.15, -0.1) is 0 Å². The van der Waals surface area contributed by atoms with E-state index in [2.05, 4.69) is 31.3 Å². The fraction of sp³-hybridized carbons (Fsp3) is 0.611. The number of hydrogen-bond donors (Lipinski definition) is 1. The van der Waals surface area contributed by atoms with Gasteiger partial charge >= 0.3 is 0 Å². The maximum absolute atomic E-state index is 12.4. The molecule has 2 unspecified atom stereocenters. The molecule has 1 amide bonds. The molecule has 4 heteroatoms. The predicted molar refractivity (Wildman–Crippen MR) is 88.5 cm³/mol. The number of anilines is 1. The summed E-state index contributed by atoms with van der Waals surface area (Å²) < 4.78 is 5.76. The smallest absolute Gasteiger partial charge is 0.268 e. The first kappa shape index (κ1) is 15.3. The molecule has 0 aliphatic carbocycles. The summed E-state index contributed by atoms with van der Waals surface area (Å²) in [6, 6.07) is 6.98. The number of rotatable bonds is 3. The number of ether oxygens (including phenoxy) is 1. The molecule has 0 spiro atoms. The van der Waals surface area contributed by atoms with Gasteiger partial charge in [0.2, 0.25) is 0 Å². The molecule has 2 heterocycles. The molecule has 0 saturated carbocycles.